The highest BCUT2D eigenvalue weighted by molar-refractivity contribution is 9.10. The van der Waals surface area contributed by atoms with Crippen molar-refractivity contribution in [1.29, 1.82) is 0 Å². The van der Waals surface area contributed by atoms with Gasteiger partial charge in [0, 0.05) is 42.5 Å². The van der Waals surface area contributed by atoms with E-state index in [4.69, 9.17) is 0 Å². The smallest absolute Gasteiger partial charge is 0.243 e. The summed E-state index contributed by atoms with van der Waals surface area (Å²) in [6, 6.07) is 18.8. The maximum Gasteiger partial charge on any atom is 0.243 e. The third-order valence-corrected chi connectivity index (χ3v) is 8.60. The van der Waals surface area contributed by atoms with Gasteiger partial charge in [0.2, 0.25) is 21.8 Å². The summed E-state index contributed by atoms with van der Waals surface area (Å²) in [5.41, 5.74) is 1.67. The first-order chi connectivity index (χ1) is 19.9. The molecule has 0 spiro atoms. The van der Waals surface area contributed by atoms with Crippen molar-refractivity contribution in [3.8, 4) is 0 Å². The number of halogens is 3. The molecule has 3 aromatic carbocycles. The van der Waals surface area contributed by atoms with Crippen LogP contribution < -0.4 is 9.62 Å². The number of sulfonamides is 1. The normalized spacial score (nSPS) is 12.8. The van der Waals surface area contributed by atoms with Crippen LogP contribution in [0.5, 0.6) is 0 Å². The Kier molecular flexibility index (Phi) is 12.0. The zero-order valence-electron chi connectivity index (χ0n) is 23.9. The molecule has 0 aliphatic carbocycles. The van der Waals surface area contributed by atoms with Gasteiger partial charge in [0.15, 0.2) is 11.6 Å². The number of benzene rings is 3. The molecule has 2 atom stereocenters. The van der Waals surface area contributed by atoms with Gasteiger partial charge in [-0.3, -0.25) is 13.9 Å². The molecule has 226 valence electrons. The molecule has 0 aromatic heterocycles. The van der Waals surface area contributed by atoms with Gasteiger partial charge < -0.3 is 10.2 Å². The molecule has 0 fully saturated rings. The van der Waals surface area contributed by atoms with Crippen molar-refractivity contribution in [2.24, 2.45) is 0 Å². The standard InChI is InChI=1S/C31H36BrF2N3O4S/c1-4-22(2)35-31(39)29(19-23-9-6-5-7-10-23)36(21-24-12-14-25(32)15-13-24)30(38)11-8-18-37(42(3,40)41)26-16-17-27(33)28(34)20-26/h5-7,9-10,12-17,20,22,29H,4,8,11,18-19,21H2,1-3H3,(H,35,39)/t22-,29+/m1/s1. The molecule has 0 aliphatic rings. The lowest BCUT2D eigenvalue weighted by molar-refractivity contribution is -0.141. The minimum Gasteiger partial charge on any atom is -0.352 e. The second kappa shape index (κ2) is 15.2. The van der Waals surface area contributed by atoms with Gasteiger partial charge in [0.1, 0.15) is 6.04 Å². The van der Waals surface area contributed by atoms with E-state index in [-0.39, 0.29) is 55.9 Å². The maximum atomic E-state index is 13.9. The van der Waals surface area contributed by atoms with Crippen molar-refractivity contribution in [2.45, 2.75) is 58.2 Å². The van der Waals surface area contributed by atoms with Crippen LogP contribution in [0.1, 0.15) is 44.2 Å². The fraction of sp³-hybridized carbons (Fsp3) is 0.355. The zero-order valence-corrected chi connectivity index (χ0v) is 26.3. The monoisotopic (exact) mass is 663 g/mol. The largest absolute Gasteiger partial charge is 0.352 e. The number of nitrogens with one attached hydrogen (secondary N) is 1. The molecular formula is C31H36BrF2N3O4S. The van der Waals surface area contributed by atoms with Gasteiger partial charge in [0.05, 0.1) is 11.9 Å². The number of carbonyl (C=O) groups excluding carboxylic acids is 2. The summed E-state index contributed by atoms with van der Waals surface area (Å²) in [5.74, 6) is -2.88. The van der Waals surface area contributed by atoms with E-state index in [2.05, 4.69) is 21.2 Å². The minimum atomic E-state index is -3.85. The summed E-state index contributed by atoms with van der Waals surface area (Å²) < 4.78 is 54.2. The molecule has 0 bridgehead atoms. The molecule has 0 radical (unpaired) electrons. The highest BCUT2D eigenvalue weighted by atomic mass is 79.9. The Bertz CT molecular complexity index is 1460. The van der Waals surface area contributed by atoms with E-state index in [0.717, 1.165) is 44.7 Å². The molecule has 2 amide bonds. The lowest BCUT2D eigenvalue weighted by atomic mass is 10.0. The van der Waals surface area contributed by atoms with Crippen molar-refractivity contribution in [1.82, 2.24) is 10.2 Å². The molecule has 3 aromatic rings. The van der Waals surface area contributed by atoms with E-state index >= 15 is 0 Å². The van der Waals surface area contributed by atoms with E-state index < -0.39 is 27.7 Å². The van der Waals surface area contributed by atoms with Crippen LogP contribution in [0.25, 0.3) is 0 Å². The first-order valence-electron chi connectivity index (χ1n) is 13.7. The Morgan fingerprint density at radius 3 is 2.21 bits per heavy atom. The van der Waals surface area contributed by atoms with Gasteiger partial charge in [0.25, 0.3) is 0 Å². The van der Waals surface area contributed by atoms with Gasteiger partial charge in [-0.05, 0) is 55.2 Å². The fourth-order valence-electron chi connectivity index (χ4n) is 4.43. The highest BCUT2D eigenvalue weighted by Crippen LogP contribution is 2.22. The Morgan fingerprint density at radius 2 is 1.62 bits per heavy atom. The summed E-state index contributed by atoms with van der Waals surface area (Å²) in [5, 5.41) is 3.01. The van der Waals surface area contributed by atoms with Crippen LogP contribution in [0.3, 0.4) is 0 Å². The molecule has 1 N–H and O–H groups in total. The molecule has 0 unspecified atom stereocenters. The van der Waals surface area contributed by atoms with Gasteiger partial charge in [-0.15, -0.1) is 0 Å². The summed E-state index contributed by atoms with van der Waals surface area (Å²) >= 11 is 3.42. The van der Waals surface area contributed by atoms with Crippen LogP contribution in [0.2, 0.25) is 0 Å². The molecule has 3 rings (SSSR count). The topological polar surface area (TPSA) is 86.8 Å². The third-order valence-electron chi connectivity index (χ3n) is 6.88. The van der Waals surface area contributed by atoms with Crippen molar-refractivity contribution < 1.29 is 26.8 Å². The number of anilines is 1. The summed E-state index contributed by atoms with van der Waals surface area (Å²) in [6.45, 7) is 3.89. The summed E-state index contributed by atoms with van der Waals surface area (Å²) in [4.78, 5) is 29.0. The molecular weight excluding hydrogens is 628 g/mol. The second-order valence-electron chi connectivity index (χ2n) is 10.2. The first-order valence-corrected chi connectivity index (χ1v) is 16.3. The highest BCUT2D eigenvalue weighted by Gasteiger charge is 2.31. The van der Waals surface area contributed by atoms with E-state index in [1.54, 1.807) is 0 Å². The number of hydrogen-bond donors (Lipinski definition) is 1. The third kappa shape index (κ3) is 9.62. The van der Waals surface area contributed by atoms with Crippen LogP contribution in [0.4, 0.5) is 14.5 Å². The molecule has 0 aliphatic heterocycles. The van der Waals surface area contributed by atoms with Crippen molar-refractivity contribution in [2.75, 3.05) is 17.1 Å². The van der Waals surface area contributed by atoms with Crippen molar-refractivity contribution in [3.63, 3.8) is 0 Å². The second-order valence-corrected chi connectivity index (χ2v) is 13.0. The zero-order chi connectivity index (χ0) is 30.9. The van der Waals surface area contributed by atoms with Crippen molar-refractivity contribution >= 4 is 43.5 Å². The van der Waals surface area contributed by atoms with Crippen molar-refractivity contribution in [3.05, 3.63) is 100 Å². The predicted octanol–water partition coefficient (Wildman–Crippen LogP) is 5.83. The average molecular weight is 665 g/mol. The van der Waals surface area contributed by atoms with Crippen LogP contribution in [0.15, 0.2) is 77.3 Å². The Labute approximate surface area is 255 Å². The predicted molar refractivity (Wildman–Crippen MR) is 164 cm³/mol. The van der Waals surface area contributed by atoms with E-state index in [0.29, 0.717) is 0 Å². The van der Waals surface area contributed by atoms with Crippen LogP contribution in [-0.2, 0) is 32.6 Å². The first kappa shape index (κ1) is 33.2. The van der Waals surface area contributed by atoms with Gasteiger partial charge in [-0.1, -0.05) is 65.3 Å². The van der Waals surface area contributed by atoms with Gasteiger partial charge in [-0.25, -0.2) is 17.2 Å². The average Bonchev–Trinajstić information content (AvgIpc) is 2.95. The van der Waals surface area contributed by atoms with E-state index in [1.165, 1.54) is 11.0 Å². The SMILES string of the molecule is CC[C@@H](C)NC(=O)[C@H](Cc1ccccc1)N(Cc1ccc(Br)cc1)C(=O)CCCN(c1ccc(F)c(F)c1)S(C)(=O)=O. The Morgan fingerprint density at radius 1 is 0.952 bits per heavy atom. The lowest BCUT2D eigenvalue weighted by Gasteiger charge is -2.32. The molecule has 7 nitrogen and oxygen atoms in total. The molecule has 42 heavy (non-hydrogen) atoms. The van der Waals surface area contributed by atoms with Crippen LogP contribution in [0, 0.1) is 11.6 Å². The maximum absolute atomic E-state index is 13.9. The molecule has 0 heterocycles. The number of carbonyl (C=O) groups is 2. The Hall–Kier alpha value is -3.31. The molecule has 0 saturated heterocycles. The van der Waals surface area contributed by atoms with Crippen LogP contribution >= 0.6 is 15.9 Å². The fourth-order valence-corrected chi connectivity index (χ4v) is 5.65. The number of rotatable bonds is 14. The number of hydrogen-bond acceptors (Lipinski definition) is 4. The molecule has 0 saturated carbocycles. The summed E-state index contributed by atoms with van der Waals surface area (Å²) in [7, 11) is -3.85. The van der Waals surface area contributed by atoms with E-state index in [9.17, 15) is 26.8 Å². The lowest BCUT2D eigenvalue weighted by Crippen LogP contribution is -2.52. The van der Waals surface area contributed by atoms with Gasteiger partial charge >= 0.3 is 0 Å². The van der Waals surface area contributed by atoms with E-state index in [1.807, 2.05) is 68.4 Å². The minimum absolute atomic E-state index is 0.0366. The summed E-state index contributed by atoms with van der Waals surface area (Å²) in [6.07, 6.45) is 1.98. The Balaban J connectivity index is 1.89. The van der Waals surface area contributed by atoms with Gasteiger partial charge in [-0.2, -0.15) is 0 Å². The van der Waals surface area contributed by atoms with Crippen LogP contribution in [-0.4, -0.2) is 50.0 Å². The molecule has 11 heteroatoms. The number of amides is 2. The quantitative estimate of drug-likeness (QED) is 0.235. The number of nitrogens with zero attached hydrogens (tertiary/aromatic N) is 2.